The largest absolute Gasteiger partial charge is 0.311 e. The van der Waals surface area contributed by atoms with E-state index in [1.54, 1.807) is 0 Å². The Labute approximate surface area is 117 Å². The van der Waals surface area contributed by atoms with E-state index in [1.807, 2.05) is 12.1 Å². The minimum Gasteiger partial charge on any atom is -0.311 e. The number of hydrogen-bond acceptors (Lipinski definition) is 1. The third-order valence-corrected chi connectivity index (χ3v) is 4.02. The van der Waals surface area contributed by atoms with Crippen molar-refractivity contribution in [3.8, 4) is 0 Å². The molecule has 2 heteroatoms. The van der Waals surface area contributed by atoms with E-state index in [2.05, 4.69) is 52.1 Å². The summed E-state index contributed by atoms with van der Waals surface area (Å²) in [5, 5.41) is 4.45. The first-order valence-corrected chi connectivity index (χ1v) is 7.22. The molecular weight excluding hydrogens is 242 g/mol. The van der Waals surface area contributed by atoms with Crippen molar-refractivity contribution >= 4 is 11.6 Å². The van der Waals surface area contributed by atoms with Crippen LogP contribution in [-0.4, -0.2) is 12.1 Å². The minimum absolute atomic E-state index is 0.155. The van der Waals surface area contributed by atoms with Crippen LogP contribution >= 0.6 is 11.6 Å². The van der Waals surface area contributed by atoms with Gasteiger partial charge in [0.15, 0.2) is 0 Å². The minimum atomic E-state index is 0.155. The van der Waals surface area contributed by atoms with Crippen LogP contribution in [0.1, 0.15) is 53.0 Å². The van der Waals surface area contributed by atoms with Gasteiger partial charge in [0.2, 0.25) is 0 Å². The molecule has 0 aliphatic heterocycles. The number of benzene rings is 1. The Morgan fingerprint density at radius 1 is 1.00 bits per heavy atom. The highest BCUT2D eigenvalue weighted by atomic mass is 35.5. The zero-order valence-electron chi connectivity index (χ0n) is 12.3. The van der Waals surface area contributed by atoms with Gasteiger partial charge in [-0.3, -0.25) is 0 Å². The van der Waals surface area contributed by atoms with Crippen LogP contribution in [0.3, 0.4) is 0 Å². The van der Waals surface area contributed by atoms with Crippen LogP contribution < -0.4 is 5.32 Å². The van der Waals surface area contributed by atoms with Crippen LogP contribution in [0.5, 0.6) is 0 Å². The van der Waals surface area contributed by atoms with E-state index in [1.165, 1.54) is 5.56 Å². The van der Waals surface area contributed by atoms with Crippen LogP contribution in [0, 0.1) is 0 Å². The molecule has 0 saturated carbocycles. The van der Waals surface area contributed by atoms with Crippen molar-refractivity contribution < 1.29 is 0 Å². The molecule has 0 unspecified atom stereocenters. The van der Waals surface area contributed by atoms with Gasteiger partial charge in [0.25, 0.3) is 0 Å². The predicted octanol–water partition coefficient (Wildman–Crippen LogP) is 4.79. The van der Waals surface area contributed by atoms with Crippen LogP contribution in [0.4, 0.5) is 0 Å². The van der Waals surface area contributed by atoms with E-state index in [4.69, 9.17) is 11.6 Å². The maximum absolute atomic E-state index is 5.98. The smallest absolute Gasteiger partial charge is 0.0406 e. The van der Waals surface area contributed by atoms with Gasteiger partial charge in [-0.25, -0.2) is 0 Å². The molecule has 0 radical (unpaired) electrons. The van der Waals surface area contributed by atoms with E-state index in [-0.39, 0.29) is 11.0 Å². The Morgan fingerprint density at radius 2 is 1.50 bits per heavy atom. The van der Waals surface area contributed by atoms with Gasteiger partial charge in [0, 0.05) is 22.5 Å². The van der Waals surface area contributed by atoms with Crippen molar-refractivity contribution in [1.82, 2.24) is 5.32 Å². The monoisotopic (exact) mass is 267 g/mol. The molecule has 1 aromatic carbocycles. The van der Waals surface area contributed by atoms with Gasteiger partial charge in [0.05, 0.1) is 0 Å². The highest BCUT2D eigenvalue weighted by Gasteiger charge is 2.29. The average molecular weight is 268 g/mol. The van der Waals surface area contributed by atoms with Crippen molar-refractivity contribution in [2.45, 2.75) is 58.4 Å². The lowest BCUT2D eigenvalue weighted by molar-refractivity contribution is 0.313. The fourth-order valence-electron chi connectivity index (χ4n) is 2.25. The van der Waals surface area contributed by atoms with E-state index in [0.717, 1.165) is 24.4 Å². The quantitative estimate of drug-likeness (QED) is 0.809. The molecule has 0 saturated heterocycles. The highest BCUT2D eigenvalue weighted by Crippen LogP contribution is 2.32. The molecule has 0 bridgehead atoms. The zero-order valence-corrected chi connectivity index (χ0v) is 13.1. The number of hydrogen-bond donors (Lipinski definition) is 1. The van der Waals surface area contributed by atoms with Crippen molar-refractivity contribution in [2.75, 3.05) is 6.54 Å². The average Bonchev–Trinajstić information content (AvgIpc) is 2.32. The Kier molecular flexibility index (Phi) is 5.24. The molecule has 0 aromatic heterocycles. The molecule has 18 heavy (non-hydrogen) atoms. The lowest BCUT2D eigenvalue weighted by atomic mass is 9.75. The molecule has 1 nitrogen and oxygen atoms in total. The summed E-state index contributed by atoms with van der Waals surface area (Å²) in [5.41, 5.74) is 1.74. The fourth-order valence-corrected chi connectivity index (χ4v) is 2.37. The molecule has 1 rings (SSSR count). The van der Waals surface area contributed by atoms with Crippen molar-refractivity contribution in [3.05, 3.63) is 34.9 Å². The summed E-state index contributed by atoms with van der Waals surface area (Å²) in [6.07, 6.45) is 2.27. The van der Waals surface area contributed by atoms with Gasteiger partial charge in [-0.15, -0.1) is 0 Å². The first-order valence-electron chi connectivity index (χ1n) is 6.84. The Hall–Kier alpha value is -0.530. The van der Waals surface area contributed by atoms with Crippen molar-refractivity contribution in [1.29, 1.82) is 0 Å². The van der Waals surface area contributed by atoms with Gasteiger partial charge in [-0.1, -0.05) is 37.6 Å². The van der Waals surface area contributed by atoms with Gasteiger partial charge in [-0.2, -0.15) is 0 Å². The summed E-state index contributed by atoms with van der Waals surface area (Å²) in [4.78, 5) is 0. The van der Waals surface area contributed by atoms with Crippen LogP contribution in [0.2, 0.25) is 5.02 Å². The zero-order chi connectivity index (χ0) is 13.8. The molecule has 0 fully saturated rings. The molecule has 0 atom stereocenters. The van der Waals surface area contributed by atoms with Gasteiger partial charge in [0.1, 0.15) is 0 Å². The van der Waals surface area contributed by atoms with Gasteiger partial charge < -0.3 is 5.32 Å². The van der Waals surface area contributed by atoms with Crippen molar-refractivity contribution in [3.63, 3.8) is 0 Å². The van der Waals surface area contributed by atoms with Gasteiger partial charge in [-0.05, 0) is 51.3 Å². The molecule has 0 aliphatic rings. The Morgan fingerprint density at radius 3 is 1.89 bits per heavy atom. The molecule has 0 aliphatic carbocycles. The first-order chi connectivity index (χ1) is 8.33. The van der Waals surface area contributed by atoms with Gasteiger partial charge >= 0.3 is 0 Å². The summed E-state index contributed by atoms with van der Waals surface area (Å²) in [7, 11) is 0. The van der Waals surface area contributed by atoms with E-state index in [0.29, 0.717) is 0 Å². The fraction of sp³-hybridized carbons (Fsp3) is 0.625. The Bertz CT molecular complexity index is 358. The molecular formula is C16H26ClN. The third kappa shape index (κ3) is 4.00. The molecule has 0 heterocycles. The predicted molar refractivity (Wildman–Crippen MR) is 81.5 cm³/mol. The summed E-state index contributed by atoms with van der Waals surface area (Å²) in [6, 6.07) is 8.32. The molecule has 1 N–H and O–H groups in total. The third-order valence-electron chi connectivity index (χ3n) is 3.77. The van der Waals surface area contributed by atoms with Crippen molar-refractivity contribution in [2.24, 2.45) is 0 Å². The second kappa shape index (κ2) is 6.08. The number of halogens is 1. The molecule has 0 spiro atoms. The molecule has 0 amide bonds. The highest BCUT2D eigenvalue weighted by molar-refractivity contribution is 6.30. The second-order valence-corrected chi connectivity index (χ2v) is 6.53. The van der Waals surface area contributed by atoms with Crippen LogP contribution in [0.15, 0.2) is 24.3 Å². The topological polar surface area (TPSA) is 12.0 Å². The van der Waals surface area contributed by atoms with Crippen LogP contribution in [-0.2, 0) is 5.41 Å². The number of nitrogens with one attached hydrogen (secondary N) is 1. The molecule has 102 valence electrons. The first kappa shape index (κ1) is 15.5. The molecule has 1 aromatic rings. The second-order valence-electron chi connectivity index (χ2n) is 6.10. The maximum atomic E-state index is 5.98. The lowest BCUT2D eigenvalue weighted by Gasteiger charge is -2.36. The Balaban J connectivity index is 2.95. The number of rotatable bonds is 5. The lowest BCUT2D eigenvalue weighted by Crippen LogP contribution is -2.45. The summed E-state index contributed by atoms with van der Waals surface area (Å²) < 4.78 is 0. The van der Waals surface area contributed by atoms with E-state index >= 15 is 0 Å². The maximum Gasteiger partial charge on any atom is 0.0406 e. The summed E-state index contributed by atoms with van der Waals surface area (Å²) in [5.74, 6) is 0. The van der Waals surface area contributed by atoms with Crippen LogP contribution in [0.25, 0.3) is 0 Å². The summed E-state index contributed by atoms with van der Waals surface area (Å²) >= 11 is 5.98. The standard InChI is InChI=1S/C16H26ClN/c1-6-16(7-2,12-18-15(3,4)5)13-8-10-14(17)11-9-13/h8-11,18H,6-7,12H2,1-5H3. The van der Waals surface area contributed by atoms with E-state index in [9.17, 15) is 0 Å². The normalized spacial score (nSPS) is 12.8. The summed E-state index contributed by atoms with van der Waals surface area (Å²) in [6.45, 7) is 12.2. The van der Waals surface area contributed by atoms with E-state index < -0.39 is 0 Å². The SMILES string of the molecule is CCC(CC)(CNC(C)(C)C)c1ccc(Cl)cc1.